The number of piperidine rings is 1. The lowest BCUT2D eigenvalue weighted by molar-refractivity contribution is -0.385. The van der Waals surface area contributed by atoms with Crippen molar-refractivity contribution in [3.63, 3.8) is 0 Å². The van der Waals surface area contributed by atoms with Gasteiger partial charge in [-0.3, -0.25) is 14.9 Å². The molecule has 6 heteroatoms. The van der Waals surface area contributed by atoms with Crippen molar-refractivity contribution in [1.82, 2.24) is 4.90 Å². The minimum Gasteiger partial charge on any atom is -0.371 e. The molecule has 26 heavy (non-hydrogen) atoms. The molecule has 3 rings (SSSR count). The van der Waals surface area contributed by atoms with E-state index < -0.39 is 4.92 Å². The predicted molar refractivity (Wildman–Crippen MR) is 102 cm³/mol. The molecule has 1 aliphatic heterocycles. The third-order valence-electron chi connectivity index (χ3n) is 5.02. The number of nitro groups is 1. The van der Waals surface area contributed by atoms with Gasteiger partial charge in [0, 0.05) is 36.4 Å². The monoisotopic (exact) mass is 353 g/mol. The Morgan fingerprint density at radius 3 is 2.35 bits per heavy atom. The number of nitro benzene ring substituents is 1. The molecule has 0 aromatic heterocycles. The second kappa shape index (κ2) is 7.66. The molecule has 0 amide bonds. The van der Waals surface area contributed by atoms with E-state index in [0.717, 1.165) is 31.6 Å². The molecular weight excluding hydrogens is 330 g/mol. The molecule has 0 unspecified atom stereocenters. The molecule has 1 fully saturated rings. The average molecular weight is 353 g/mol. The number of carbonyl (C=O) groups excluding carboxylic acids is 1. The second-order valence-electron chi connectivity index (χ2n) is 6.84. The summed E-state index contributed by atoms with van der Waals surface area (Å²) in [6.45, 7) is 1.71. The number of benzene rings is 2. The topological polar surface area (TPSA) is 66.7 Å². The van der Waals surface area contributed by atoms with Crippen LogP contribution in [0.4, 0.5) is 11.4 Å². The van der Waals surface area contributed by atoms with Crippen LogP contribution in [0.3, 0.4) is 0 Å². The van der Waals surface area contributed by atoms with Crippen molar-refractivity contribution in [3.8, 4) is 0 Å². The Labute approximate surface area is 153 Å². The smallest absolute Gasteiger partial charge is 0.282 e. The van der Waals surface area contributed by atoms with Crippen molar-refractivity contribution < 1.29 is 9.72 Å². The van der Waals surface area contributed by atoms with Gasteiger partial charge in [-0.1, -0.05) is 30.3 Å². The zero-order valence-corrected chi connectivity index (χ0v) is 15.1. The molecule has 0 aliphatic carbocycles. The Kier molecular flexibility index (Phi) is 5.32. The molecule has 1 heterocycles. The summed E-state index contributed by atoms with van der Waals surface area (Å²) in [5.41, 5.74) is 1.26. The molecule has 1 saturated heterocycles. The highest BCUT2D eigenvalue weighted by Crippen LogP contribution is 2.29. The van der Waals surface area contributed by atoms with Crippen LogP contribution in [0.5, 0.6) is 0 Å². The van der Waals surface area contributed by atoms with Crippen molar-refractivity contribution in [3.05, 3.63) is 69.8 Å². The highest BCUT2D eigenvalue weighted by Gasteiger charge is 2.25. The van der Waals surface area contributed by atoms with Crippen LogP contribution in [-0.4, -0.2) is 48.8 Å². The van der Waals surface area contributed by atoms with Crippen LogP contribution >= 0.6 is 0 Å². The molecule has 0 saturated carbocycles. The van der Waals surface area contributed by atoms with Crippen LogP contribution in [0.2, 0.25) is 0 Å². The lowest BCUT2D eigenvalue weighted by atomic mass is 9.99. The summed E-state index contributed by atoms with van der Waals surface area (Å²) in [5.74, 6) is -0.324. The summed E-state index contributed by atoms with van der Waals surface area (Å²) in [7, 11) is 4.16. The van der Waals surface area contributed by atoms with Crippen LogP contribution in [0.1, 0.15) is 28.8 Å². The van der Waals surface area contributed by atoms with E-state index in [1.54, 1.807) is 30.3 Å². The first-order valence-electron chi connectivity index (χ1n) is 8.77. The number of hydrogen-bond donors (Lipinski definition) is 0. The Balaban J connectivity index is 1.86. The zero-order chi connectivity index (χ0) is 18.7. The molecule has 0 N–H and O–H groups in total. The van der Waals surface area contributed by atoms with E-state index in [9.17, 15) is 14.9 Å². The van der Waals surface area contributed by atoms with E-state index >= 15 is 0 Å². The van der Waals surface area contributed by atoms with Crippen molar-refractivity contribution in [1.29, 1.82) is 0 Å². The van der Waals surface area contributed by atoms with E-state index in [-0.39, 0.29) is 17.0 Å². The van der Waals surface area contributed by atoms with Gasteiger partial charge in [0.15, 0.2) is 5.78 Å². The Bertz CT molecular complexity index is 797. The molecule has 0 bridgehead atoms. The highest BCUT2D eigenvalue weighted by atomic mass is 16.6. The van der Waals surface area contributed by atoms with Crippen molar-refractivity contribution in [2.75, 3.05) is 32.1 Å². The molecule has 0 spiro atoms. The summed E-state index contributed by atoms with van der Waals surface area (Å²) < 4.78 is 0. The predicted octanol–water partition coefficient (Wildman–Crippen LogP) is 3.36. The molecule has 0 radical (unpaired) electrons. The van der Waals surface area contributed by atoms with Gasteiger partial charge in [0.1, 0.15) is 5.56 Å². The van der Waals surface area contributed by atoms with Gasteiger partial charge >= 0.3 is 0 Å². The van der Waals surface area contributed by atoms with Gasteiger partial charge in [-0.05, 0) is 39.1 Å². The third kappa shape index (κ3) is 3.75. The third-order valence-corrected chi connectivity index (χ3v) is 5.02. The Hall–Kier alpha value is -2.73. The first-order chi connectivity index (χ1) is 12.5. The van der Waals surface area contributed by atoms with Crippen LogP contribution < -0.4 is 4.90 Å². The van der Waals surface area contributed by atoms with E-state index in [0.29, 0.717) is 11.6 Å². The number of anilines is 1. The van der Waals surface area contributed by atoms with Crippen LogP contribution in [-0.2, 0) is 0 Å². The molecule has 2 aromatic rings. The lowest BCUT2D eigenvalue weighted by Crippen LogP contribution is -2.42. The number of ketones is 1. The number of rotatable bonds is 5. The molecule has 6 nitrogen and oxygen atoms in total. The maximum atomic E-state index is 12.7. The summed E-state index contributed by atoms with van der Waals surface area (Å²) in [5, 5.41) is 11.6. The average Bonchev–Trinajstić information content (AvgIpc) is 2.67. The van der Waals surface area contributed by atoms with E-state index in [2.05, 4.69) is 23.9 Å². The van der Waals surface area contributed by atoms with Gasteiger partial charge in [-0.2, -0.15) is 0 Å². The summed E-state index contributed by atoms with van der Waals surface area (Å²) >= 11 is 0. The van der Waals surface area contributed by atoms with Gasteiger partial charge in [0.2, 0.25) is 0 Å². The van der Waals surface area contributed by atoms with E-state index in [1.807, 2.05) is 12.1 Å². The quantitative estimate of drug-likeness (QED) is 0.468. The van der Waals surface area contributed by atoms with E-state index in [4.69, 9.17) is 0 Å². The second-order valence-corrected chi connectivity index (χ2v) is 6.84. The summed E-state index contributed by atoms with van der Waals surface area (Å²) in [6, 6.07) is 14.1. The SMILES string of the molecule is CN(C)C1CCN(c2ccc(C(=O)c3ccccc3)c([N+](=O)[O-])c2)CC1. The van der Waals surface area contributed by atoms with Crippen molar-refractivity contribution >= 4 is 17.2 Å². The Morgan fingerprint density at radius 2 is 1.77 bits per heavy atom. The minimum atomic E-state index is -0.466. The fraction of sp³-hybridized carbons (Fsp3) is 0.350. The molecule has 136 valence electrons. The van der Waals surface area contributed by atoms with Gasteiger partial charge < -0.3 is 9.80 Å². The van der Waals surface area contributed by atoms with Gasteiger partial charge in [0.05, 0.1) is 4.92 Å². The normalized spacial score (nSPS) is 15.3. The first-order valence-corrected chi connectivity index (χ1v) is 8.77. The maximum Gasteiger partial charge on any atom is 0.282 e. The largest absolute Gasteiger partial charge is 0.371 e. The van der Waals surface area contributed by atoms with Crippen molar-refractivity contribution in [2.45, 2.75) is 18.9 Å². The number of hydrogen-bond acceptors (Lipinski definition) is 5. The van der Waals surface area contributed by atoms with Crippen LogP contribution in [0.25, 0.3) is 0 Å². The standard InChI is InChI=1S/C20H23N3O3/c1-21(2)16-10-12-22(13-11-16)17-8-9-18(19(14-17)23(25)26)20(24)15-6-4-3-5-7-15/h3-9,14,16H,10-13H2,1-2H3. The van der Waals surface area contributed by atoms with E-state index in [1.165, 1.54) is 6.07 Å². The molecule has 2 aromatic carbocycles. The van der Waals surface area contributed by atoms with Crippen LogP contribution in [0.15, 0.2) is 48.5 Å². The van der Waals surface area contributed by atoms with Gasteiger partial charge in [0.25, 0.3) is 5.69 Å². The first kappa shape index (κ1) is 18.1. The zero-order valence-electron chi connectivity index (χ0n) is 15.1. The summed E-state index contributed by atoms with van der Waals surface area (Å²) in [6.07, 6.45) is 2.04. The fourth-order valence-corrected chi connectivity index (χ4v) is 3.45. The van der Waals surface area contributed by atoms with Gasteiger partial charge in [-0.15, -0.1) is 0 Å². The van der Waals surface area contributed by atoms with Crippen LogP contribution in [0, 0.1) is 10.1 Å². The molecular formula is C20H23N3O3. The van der Waals surface area contributed by atoms with Crippen molar-refractivity contribution in [2.24, 2.45) is 0 Å². The number of nitrogens with zero attached hydrogens (tertiary/aromatic N) is 3. The fourth-order valence-electron chi connectivity index (χ4n) is 3.45. The number of carbonyl (C=O) groups is 1. The van der Waals surface area contributed by atoms with Gasteiger partial charge in [-0.25, -0.2) is 0 Å². The summed E-state index contributed by atoms with van der Waals surface area (Å²) in [4.78, 5) is 28.1. The lowest BCUT2D eigenvalue weighted by Gasteiger charge is -2.36. The Morgan fingerprint density at radius 1 is 1.12 bits per heavy atom. The highest BCUT2D eigenvalue weighted by molar-refractivity contribution is 6.11. The minimum absolute atomic E-state index is 0.133. The molecule has 0 atom stereocenters. The maximum absolute atomic E-state index is 12.7. The molecule has 1 aliphatic rings.